The molecule has 1 heterocycles. The van der Waals surface area contributed by atoms with Crippen molar-refractivity contribution in [2.75, 3.05) is 0 Å². The Balaban J connectivity index is 2.34. The van der Waals surface area contributed by atoms with E-state index < -0.39 is 17.8 Å². The van der Waals surface area contributed by atoms with Gasteiger partial charge >= 0.3 is 6.18 Å². The average Bonchev–Trinajstić information content (AvgIpc) is 2.78. The Morgan fingerprint density at radius 2 is 1.90 bits per heavy atom. The number of rotatable bonds is 3. The summed E-state index contributed by atoms with van der Waals surface area (Å²) in [5.41, 5.74) is 6.51. The van der Waals surface area contributed by atoms with Crippen LogP contribution < -0.4 is 5.73 Å². The van der Waals surface area contributed by atoms with Crippen LogP contribution in [0.15, 0.2) is 30.5 Å². The fourth-order valence-electron chi connectivity index (χ4n) is 1.97. The van der Waals surface area contributed by atoms with E-state index >= 15 is 0 Å². The molecule has 20 heavy (non-hydrogen) atoms. The topological polar surface area (TPSA) is 43.8 Å². The fraction of sp³-hybridized carbons (Fsp3) is 0.308. The predicted molar refractivity (Wildman–Crippen MR) is 70.4 cm³/mol. The van der Waals surface area contributed by atoms with E-state index in [1.165, 1.54) is 18.3 Å². The molecular weight excluding hydrogens is 291 g/mol. The van der Waals surface area contributed by atoms with Gasteiger partial charge in [-0.3, -0.25) is 4.68 Å². The molecule has 1 unspecified atom stereocenters. The Labute approximate surface area is 119 Å². The molecule has 0 amide bonds. The molecule has 108 valence electrons. The van der Waals surface area contributed by atoms with E-state index in [0.717, 1.165) is 12.1 Å². The second-order valence-electron chi connectivity index (χ2n) is 4.29. The summed E-state index contributed by atoms with van der Waals surface area (Å²) < 4.78 is 39.2. The van der Waals surface area contributed by atoms with Crippen LogP contribution in [0.3, 0.4) is 0 Å². The molecule has 2 aromatic rings. The number of nitrogens with two attached hydrogens (primary N) is 1. The molecular formula is C13H13ClF3N3. The van der Waals surface area contributed by atoms with E-state index in [2.05, 4.69) is 5.10 Å². The van der Waals surface area contributed by atoms with Gasteiger partial charge in [-0.05, 0) is 24.6 Å². The van der Waals surface area contributed by atoms with E-state index in [0.29, 0.717) is 22.8 Å². The van der Waals surface area contributed by atoms with E-state index in [1.54, 1.807) is 4.68 Å². The van der Waals surface area contributed by atoms with Crippen molar-refractivity contribution in [3.8, 4) is 0 Å². The molecule has 1 atom stereocenters. The smallest absolute Gasteiger partial charge is 0.319 e. The van der Waals surface area contributed by atoms with Gasteiger partial charge in [0.05, 0.1) is 28.5 Å². The lowest BCUT2D eigenvalue weighted by Crippen LogP contribution is -2.18. The molecule has 0 aliphatic rings. The predicted octanol–water partition coefficient (Wildman–Crippen LogP) is 3.62. The number of hydrogen-bond donors (Lipinski definition) is 1. The first-order valence-corrected chi connectivity index (χ1v) is 6.36. The Morgan fingerprint density at radius 1 is 1.30 bits per heavy atom. The highest BCUT2D eigenvalue weighted by Gasteiger charge is 2.30. The highest BCUT2D eigenvalue weighted by Crippen LogP contribution is 2.31. The minimum Gasteiger partial charge on any atom is -0.319 e. The summed E-state index contributed by atoms with van der Waals surface area (Å²) in [5, 5.41) is 4.46. The highest BCUT2D eigenvalue weighted by molar-refractivity contribution is 6.31. The van der Waals surface area contributed by atoms with Gasteiger partial charge in [-0.25, -0.2) is 0 Å². The third-order valence-electron chi connectivity index (χ3n) is 3.02. The maximum absolute atomic E-state index is 12.5. The van der Waals surface area contributed by atoms with Gasteiger partial charge in [-0.1, -0.05) is 23.7 Å². The number of alkyl halides is 3. The van der Waals surface area contributed by atoms with Crippen molar-refractivity contribution in [2.24, 2.45) is 5.73 Å². The minimum absolute atomic E-state index is 0.402. The van der Waals surface area contributed by atoms with Crippen LogP contribution in [0.2, 0.25) is 5.02 Å². The van der Waals surface area contributed by atoms with Gasteiger partial charge in [0.2, 0.25) is 0 Å². The van der Waals surface area contributed by atoms with Crippen LogP contribution >= 0.6 is 11.6 Å². The van der Waals surface area contributed by atoms with Gasteiger partial charge in [0, 0.05) is 6.54 Å². The van der Waals surface area contributed by atoms with E-state index in [1.807, 2.05) is 6.92 Å². The van der Waals surface area contributed by atoms with Gasteiger partial charge in [-0.15, -0.1) is 0 Å². The maximum atomic E-state index is 12.5. The summed E-state index contributed by atoms with van der Waals surface area (Å²) in [7, 11) is 0. The van der Waals surface area contributed by atoms with E-state index in [-0.39, 0.29) is 0 Å². The van der Waals surface area contributed by atoms with Crippen molar-refractivity contribution < 1.29 is 13.2 Å². The number of aryl methyl sites for hydroxylation is 1. The molecule has 0 saturated heterocycles. The third-order valence-corrected chi connectivity index (χ3v) is 3.32. The summed E-state index contributed by atoms with van der Waals surface area (Å²) in [6.45, 7) is 2.46. The lowest BCUT2D eigenvalue weighted by atomic mass is 10.0. The van der Waals surface area contributed by atoms with Crippen molar-refractivity contribution in [1.82, 2.24) is 9.78 Å². The fourth-order valence-corrected chi connectivity index (χ4v) is 2.23. The molecule has 0 radical (unpaired) electrons. The SMILES string of the molecule is CCn1ncc(Cl)c1C(N)c1ccc(C(F)(F)F)cc1. The lowest BCUT2D eigenvalue weighted by molar-refractivity contribution is -0.137. The highest BCUT2D eigenvalue weighted by atomic mass is 35.5. The molecule has 7 heteroatoms. The van der Waals surface area contributed by atoms with Crippen molar-refractivity contribution in [3.63, 3.8) is 0 Å². The second-order valence-corrected chi connectivity index (χ2v) is 4.70. The molecule has 0 saturated carbocycles. The Morgan fingerprint density at radius 3 is 2.40 bits per heavy atom. The summed E-state index contributed by atoms with van der Waals surface area (Å²) in [5.74, 6) is 0. The zero-order valence-corrected chi connectivity index (χ0v) is 11.4. The van der Waals surface area contributed by atoms with Crippen LogP contribution in [0.4, 0.5) is 13.2 Å². The summed E-state index contributed by atoms with van der Waals surface area (Å²) in [4.78, 5) is 0. The van der Waals surface area contributed by atoms with Crippen molar-refractivity contribution >= 4 is 11.6 Å². The first kappa shape index (κ1) is 14.9. The number of hydrogen-bond acceptors (Lipinski definition) is 2. The van der Waals surface area contributed by atoms with E-state index in [4.69, 9.17) is 17.3 Å². The summed E-state index contributed by atoms with van der Waals surface area (Å²) >= 11 is 6.03. The molecule has 2 N–H and O–H groups in total. The molecule has 0 aliphatic carbocycles. The molecule has 1 aromatic heterocycles. The van der Waals surface area contributed by atoms with Gasteiger partial charge in [0.1, 0.15) is 0 Å². The van der Waals surface area contributed by atoms with Gasteiger partial charge in [0.25, 0.3) is 0 Å². The zero-order chi connectivity index (χ0) is 14.9. The first-order chi connectivity index (χ1) is 9.34. The minimum atomic E-state index is -4.36. The number of aromatic nitrogens is 2. The van der Waals surface area contributed by atoms with Crippen LogP contribution in [0, 0.1) is 0 Å². The Hall–Kier alpha value is -1.53. The average molecular weight is 304 g/mol. The molecule has 2 rings (SSSR count). The number of benzene rings is 1. The van der Waals surface area contributed by atoms with Crippen LogP contribution in [-0.4, -0.2) is 9.78 Å². The molecule has 0 aliphatic heterocycles. The standard InChI is InChI=1S/C13H13ClF3N3/c1-2-20-12(10(14)7-19-20)11(18)8-3-5-9(6-4-8)13(15,16)17/h3-7,11H,2,18H2,1H3. The summed E-state index contributed by atoms with van der Waals surface area (Å²) in [6, 6.07) is 4.12. The lowest BCUT2D eigenvalue weighted by Gasteiger charge is -2.15. The Kier molecular flexibility index (Phi) is 4.06. The van der Waals surface area contributed by atoms with Crippen LogP contribution in [0.25, 0.3) is 0 Å². The van der Waals surface area contributed by atoms with Crippen LogP contribution in [0.5, 0.6) is 0 Å². The first-order valence-electron chi connectivity index (χ1n) is 5.98. The second kappa shape index (κ2) is 5.46. The number of nitrogens with zero attached hydrogens (tertiary/aromatic N) is 2. The van der Waals surface area contributed by atoms with Gasteiger partial charge < -0.3 is 5.73 Å². The summed E-state index contributed by atoms with van der Waals surface area (Å²) in [6.07, 6.45) is -2.88. The molecule has 0 spiro atoms. The van der Waals surface area contributed by atoms with Crippen molar-refractivity contribution in [1.29, 1.82) is 0 Å². The van der Waals surface area contributed by atoms with Crippen LogP contribution in [0.1, 0.15) is 29.8 Å². The number of halogens is 4. The Bertz CT molecular complexity index is 590. The molecule has 3 nitrogen and oxygen atoms in total. The van der Waals surface area contributed by atoms with Crippen molar-refractivity contribution in [3.05, 3.63) is 52.3 Å². The normalized spacial score (nSPS) is 13.5. The van der Waals surface area contributed by atoms with Gasteiger partial charge in [0.15, 0.2) is 0 Å². The van der Waals surface area contributed by atoms with Crippen molar-refractivity contribution in [2.45, 2.75) is 25.7 Å². The monoisotopic (exact) mass is 303 g/mol. The largest absolute Gasteiger partial charge is 0.416 e. The van der Waals surface area contributed by atoms with Gasteiger partial charge in [-0.2, -0.15) is 18.3 Å². The molecule has 0 fully saturated rings. The molecule has 1 aromatic carbocycles. The van der Waals surface area contributed by atoms with E-state index in [9.17, 15) is 13.2 Å². The molecule has 0 bridgehead atoms. The maximum Gasteiger partial charge on any atom is 0.416 e. The third kappa shape index (κ3) is 2.81. The zero-order valence-electron chi connectivity index (χ0n) is 10.7. The van der Waals surface area contributed by atoms with Crippen LogP contribution in [-0.2, 0) is 12.7 Å². The quantitative estimate of drug-likeness (QED) is 0.941.